The first kappa shape index (κ1) is 16.1. The Bertz CT molecular complexity index is 382. The zero-order valence-corrected chi connectivity index (χ0v) is 13.8. The Morgan fingerprint density at radius 2 is 2.05 bits per heavy atom. The first-order valence-corrected chi connectivity index (χ1v) is 9.11. The van der Waals surface area contributed by atoms with Crippen LogP contribution in [-0.4, -0.2) is 65.3 Å². The molecule has 5 heteroatoms. The Morgan fingerprint density at radius 1 is 1.27 bits per heavy atom. The number of nitrogens with zero attached hydrogens (tertiary/aromatic N) is 2. The molecular formula is C17H31N3O2. The van der Waals surface area contributed by atoms with E-state index in [1.165, 1.54) is 38.6 Å². The molecular weight excluding hydrogens is 278 g/mol. The molecule has 0 bridgehead atoms. The van der Waals surface area contributed by atoms with Crippen LogP contribution in [0.5, 0.6) is 0 Å². The van der Waals surface area contributed by atoms with Crippen LogP contribution in [0.4, 0.5) is 4.79 Å². The van der Waals surface area contributed by atoms with Crippen LogP contribution in [0.3, 0.4) is 0 Å². The van der Waals surface area contributed by atoms with Crippen molar-refractivity contribution in [1.29, 1.82) is 0 Å². The van der Waals surface area contributed by atoms with E-state index in [2.05, 4.69) is 17.1 Å². The van der Waals surface area contributed by atoms with Crippen molar-refractivity contribution >= 4 is 6.03 Å². The van der Waals surface area contributed by atoms with Gasteiger partial charge in [0.15, 0.2) is 0 Å². The lowest BCUT2D eigenvalue weighted by molar-refractivity contribution is 0.0666. The highest BCUT2D eigenvalue weighted by atomic mass is 16.3. The van der Waals surface area contributed by atoms with Gasteiger partial charge in [0.2, 0.25) is 0 Å². The van der Waals surface area contributed by atoms with Gasteiger partial charge >= 0.3 is 6.03 Å². The fraction of sp³-hybridized carbons (Fsp3) is 0.941. The van der Waals surface area contributed by atoms with Crippen LogP contribution < -0.4 is 5.32 Å². The number of rotatable bonds is 6. The molecule has 0 aromatic heterocycles. The van der Waals surface area contributed by atoms with Crippen LogP contribution >= 0.6 is 0 Å². The second-order valence-corrected chi connectivity index (χ2v) is 7.37. The molecule has 0 spiro atoms. The minimum absolute atomic E-state index is 0.0183. The third-order valence-electron chi connectivity index (χ3n) is 5.73. The van der Waals surface area contributed by atoms with Gasteiger partial charge in [-0.15, -0.1) is 0 Å². The standard InChI is InChI=1S/C17H31N3O2/c1-13(18-17(22)20(10-11-21)16-7-8-16)14-4-3-9-19(12-14)15-5-2-6-15/h13-16,21H,2-12H2,1H3,(H,18,22)/t13-,14-/m1/s1. The molecule has 0 aromatic carbocycles. The van der Waals surface area contributed by atoms with Crippen molar-refractivity contribution in [3.63, 3.8) is 0 Å². The molecule has 1 aliphatic heterocycles. The van der Waals surface area contributed by atoms with E-state index in [1.54, 1.807) is 0 Å². The van der Waals surface area contributed by atoms with Gasteiger partial charge in [-0.1, -0.05) is 6.42 Å². The predicted octanol–water partition coefficient (Wildman–Crippen LogP) is 1.81. The summed E-state index contributed by atoms with van der Waals surface area (Å²) in [5.41, 5.74) is 0. The number of aliphatic hydroxyl groups excluding tert-OH is 1. The van der Waals surface area contributed by atoms with E-state index in [4.69, 9.17) is 5.11 Å². The molecule has 2 aliphatic carbocycles. The molecule has 0 aromatic rings. The monoisotopic (exact) mass is 309 g/mol. The highest BCUT2D eigenvalue weighted by Gasteiger charge is 2.35. The molecule has 3 rings (SSSR count). The number of aliphatic hydroxyl groups is 1. The largest absolute Gasteiger partial charge is 0.395 e. The van der Waals surface area contributed by atoms with Gasteiger partial charge in [0.1, 0.15) is 0 Å². The minimum atomic E-state index is 0.0183. The lowest BCUT2D eigenvalue weighted by Gasteiger charge is -2.44. The molecule has 0 unspecified atom stereocenters. The molecule has 126 valence electrons. The van der Waals surface area contributed by atoms with E-state index in [0.717, 1.165) is 25.4 Å². The Balaban J connectivity index is 1.49. The molecule has 22 heavy (non-hydrogen) atoms. The molecule has 2 saturated carbocycles. The molecule has 1 saturated heterocycles. The molecule has 5 nitrogen and oxygen atoms in total. The van der Waals surface area contributed by atoms with E-state index in [0.29, 0.717) is 18.5 Å². The maximum atomic E-state index is 12.4. The average Bonchev–Trinajstić information content (AvgIpc) is 3.27. The summed E-state index contributed by atoms with van der Waals surface area (Å²) in [6, 6.07) is 1.40. The van der Waals surface area contributed by atoms with Crippen LogP contribution in [0.2, 0.25) is 0 Å². The van der Waals surface area contributed by atoms with Crippen molar-refractivity contribution in [3.8, 4) is 0 Å². The van der Waals surface area contributed by atoms with Crippen molar-refractivity contribution in [2.24, 2.45) is 5.92 Å². The van der Waals surface area contributed by atoms with Crippen molar-refractivity contribution in [1.82, 2.24) is 15.1 Å². The van der Waals surface area contributed by atoms with E-state index < -0.39 is 0 Å². The number of carbonyl (C=O) groups is 1. The molecule has 2 atom stereocenters. The number of carbonyl (C=O) groups excluding carboxylic acids is 1. The third kappa shape index (κ3) is 3.74. The molecule has 0 radical (unpaired) electrons. The summed E-state index contributed by atoms with van der Waals surface area (Å²) in [5.74, 6) is 0.563. The maximum Gasteiger partial charge on any atom is 0.317 e. The first-order valence-electron chi connectivity index (χ1n) is 9.11. The van der Waals surface area contributed by atoms with E-state index in [9.17, 15) is 4.79 Å². The Labute approximate surface area is 134 Å². The van der Waals surface area contributed by atoms with Gasteiger partial charge in [-0.05, 0) is 57.9 Å². The third-order valence-corrected chi connectivity index (χ3v) is 5.73. The minimum Gasteiger partial charge on any atom is -0.395 e. The molecule has 2 N–H and O–H groups in total. The van der Waals surface area contributed by atoms with Gasteiger partial charge in [0.25, 0.3) is 0 Å². The van der Waals surface area contributed by atoms with Crippen LogP contribution in [0.25, 0.3) is 0 Å². The highest BCUT2D eigenvalue weighted by molar-refractivity contribution is 5.75. The average molecular weight is 309 g/mol. The Hall–Kier alpha value is -0.810. The SMILES string of the molecule is C[C@@H](NC(=O)N(CCO)C1CC1)[C@@H]1CCCN(C2CCC2)C1. The summed E-state index contributed by atoms with van der Waals surface area (Å²) in [5, 5.41) is 12.3. The second kappa shape index (κ2) is 7.18. The summed E-state index contributed by atoms with van der Waals surface area (Å²) in [6.45, 7) is 5.03. The van der Waals surface area contributed by atoms with Crippen LogP contribution in [-0.2, 0) is 0 Å². The number of hydrogen-bond acceptors (Lipinski definition) is 3. The van der Waals surface area contributed by atoms with E-state index in [-0.39, 0.29) is 18.7 Å². The lowest BCUT2D eigenvalue weighted by atomic mass is 9.86. The van der Waals surface area contributed by atoms with Gasteiger partial charge in [-0.2, -0.15) is 0 Å². The van der Waals surface area contributed by atoms with Crippen molar-refractivity contribution in [3.05, 3.63) is 0 Å². The van der Waals surface area contributed by atoms with Gasteiger partial charge in [0.05, 0.1) is 6.61 Å². The molecule has 1 heterocycles. The summed E-state index contributed by atoms with van der Waals surface area (Å²) in [6.07, 6.45) is 8.74. The van der Waals surface area contributed by atoms with Gasteiger partial charge in [0, 0.05) is 31.2 Å². The number of piperidine rings is 1. The fourth-order valence-electron chi connectivity index (χ4n) is 3.87. The number of urea groups is 1. The van der Waals surface area contributed by atoms with E-state index in [1.807, 2.05) is 4.90 Å². The second-order valence-electron chi connectivity index (χ2n) is 7.37. The van der Waals surface area contributed by atoms with Crippen molar-refractivity contribution < 1.29 is 9.90 Å². The number of amides is 2. The molecule has 2 amide bonds. The number of nitrogens with one attached hydrogen (secondary N) is 1. The Morgan fingerprint density at radius 3 is 2.64 bits per heavy atom. The molecule has 3 aliphatic rings. The van der Waals surface area contributed by atoms with Crippen molar-refractivity contribution in [2.45, 2.75) is 70.0 Å². The van der Waals surface area contributed by atoms with E-state index >= 15 is 0 Å². The zero-order valence-electron chi connectivity index (χ0n) is 13.8. The van der Waals surface area contributed by atoms with Crippen LogP contribution in [0, 0.1) is 5.92 Å². The fourth-order valence-corrected chi connectivity index (χ4v) is 3.87. The summed E-state index contributed by atoms with van der Waals surface area (Å²) < 4.78 is 0. The first-order chi connectivity index (χ1) is 10.7. The summed E-state index contributed by atoms with van der Waals surface area (Å²) in [4.78, 5) is 16.9. The normalized spacial score (nSPS) is 28.0. The van der Waals surface area contributed by atoms with Crippen LogP contribution in [0.15, 0.2) is 0 Å². The lowest BCUT2D eigenvalue weighted by Crippen LogP contribution is -2.53. The van der Waals surface area contributed by atoms with Gasteiger partial charge in [-0.25, -0.2) is 4.79 Å². The van der Waals surface area contributed by atoms with Gasteiger partial charge < -0.3 is 20.2 Å². The number of hydrogen-bond donors (Lipinski definition) is 2. The number of likely N-dealkylation sites (tertiary alicyclic amines) is 1. The summed E-state index contributed by atoms with van der Waals surface area (Å²) >= 11 is 0. The Kier molecular flexibility index (Phi) is 5.24. The predicted molar refractivity (Wildman–Crippen MR) is 86.7 cm³/mol. The van der Waals surface area contributed by atoms with Gasteiger partial charge in [-0.3, -0.25) is 0 Å². The quantitative estimate of drug-likeness (QED) is 0.787. The maximum absolute atomic E-state index is 12.4. The smallest absolute Gasteiger partial charge is 0.317 e. The highest BCUT2D eigenvalue weighted by Crippen LogP contribution is 2.30. The topological polar surface area (TPSA) is 55.8 Å². The molecule has 3 fully saturated rings. The zero-order chi connectivity index (χ0) is 15.5. The van der Waals surface area contributed by atoms with Crippen molar-refractivity contribution in [2.75, 3.05) is 26.2 Å². The summed E-state index contributed by atoms with van der Waals surface area (Å²) in [7, 11) is 0. The van der Waals surface area contributed by atoms with Crippen LogP contribution in [0.1, 0.15) is 51.9 Å².